The molecule has 0 spiro atoms. The first-order valence-electron chi connectivity index (χ1n) is 6.68. The summed E-state index contributed by atoms with van der Waals surface area (Å²) in [6.07, 6.45) is 2.67. The van der Waals surface area contributed by atoms with Gasteiger partial charge in [-0.05, 0) is 30.6 Å². The number of hydrogen-bond donors (Lipinski definition) is 0. The van der Waals surface area contributed by atoms with Gasteiger partial charge in [0.25, 0.3) is 8.32 Å². The van der Waals surface area contributed by atoms with Gasteiger partial charge in [-0.2, -0.15) is 0 Å². The molecule has 0 saturated heterocycles. The Morgan fingerprint density at radius 3 is 2.37 bits per heavy atom. The van der Waals surface area contributed by atoms with Gasteiger partial charge in [-0.1, -0.05) is 39.0 Å². The van der Waals surface area contributed by atoms with Crippen molar-refractivity contribution in [3.63, 3.8) is 0 Å². The van der Waals surface area contributed by atoms with Crippen molar-refractivity contribution in [2.45, 2.75) is 45.3 Å². The Morgan fingerprint density at radius 2 is 1.89 bits per heavy atom. The van der Waals surface area contributed by atoms with Crippen molar-refractivity contribution in [1.82, 2.24) is 0 Å². The minimum Gasteiger partial charge on any atom is -0.541 e. The van der Waals surface area contributed by atoms with E-state index in [9.17, 15) is 0 Å². The van der Waals surface area contributed by atoms with Gasteiger partial charge in [0.05, 0.1) is 7.11 Å². The van der Waals surface area contributed by atoms with E-state index in [0.717, 1.165) is 23.5 Å². The van der Waals surface area contributed by atoms with E-state index in [4.69, 9.17) is 9.16 Å². The second-order valence-electron chi connectivity index (χ2n) is 6.30. The molecule has 0 saturated carbocycles. The van der Waals surface area contributed by atoms with Crippen LogP contribution in [0.3, 0.4) is 0 Å². The zero-order valence-electron chi connectivity index (χ0n) is 13.0. The molecule has 2 nitrogen and oxygen atoms in total. The van der Waals surface area contributed by atoms with Gasteiger partial charge in [0.2, 0.25) is 0 Å². The molecule has 1 aromatic rings. The Hall–Kier alpha value is -1.22. The summed E-state index contributed by atoms with van der Waals surface area (Å²) in [6, 6.07) is 6.06. The van der Waals surface area contributed by atoms with E-state index in [1.807, 2.05) is 18.2 Å². The summed E-state index contributed by atoms with van der Waals surface area (Å²) in [6.45, 7) is 15.0. The quantitative estimate of drug-likeness (QED) is 0.568. The van der Waals surface area contributed by atoms with Crippen molar-refractivity contribution in [2.75, 3.05) is 7.11 Å². The highest BCUT2D eigenvalue weighted by molar-refractivity contribution is 6.74. The zero-order chi connectivity index (χ0) is 14.7. The van der Waals surface area contributed by atoms with Crippen LogP contribution in [0.5, 0.6) is 11.5 Å². The minimum atomic E-state index is -1.85. The summed E-state index contributed by atoms with van der Waals surface area (Å²) in [7, 11) is -0.150. The third-order valence-corrected chi connectivity index (χ3v) is 8.14. The minimum absolute atomic E-state index is 0.173. The standard InChI is InChI=1S/C16H26O2Si/c1-8-10-13-11-9-12-14(15(13)17-5)18-19(6,7)16(2,3)4/h8-9,11-12H,1,10H2,2-7H3. The largest absolute Gasteiger partial charge is 0.541 e. The van der Waals surface area contributed by atoms with Crippen molar-refractivity contribution in [3.05, 3.63) is 36.4 Å². The average Bonchev–Trinajstić information content (AvgIpc) is 2.28. The molecule has 106 valence electrons. The molecule has 0 aliphatic rings. The van der Waals surface area contributed by atoms with E-state index in [-0.39, 0.29) is 5.04 Å². The molecular formula is C16H26O2Si. The highest BCUT2D eigenvalue weighted by Gasteiger charge is 2.39. The van der Waals surface area contributed by atoms with E-state index >= 15 is 0 Å². The molecular weight excluding hydrogens is 252 g/mol. The first-order valence-corrected chi connectivity index (χ1v) is 9.59. The lowest BCUT2D eigenvalue weighted by atomic mass is 10.1. The van der Waals surface area contributed by atoms with Crippen LogP contribution in [-0.4, -0.2) is 15.4 Å². The summed E-state index contributed by atoms with van der Waals surface area (Å²) < 4.78 is 11.9. The maximum absolute atomic E-state index is 6.35. The molecule has 0 bridgehead atoms. The number of para-hydroxylation sites is 1. The van der Waals surface area contributed by atoms with Gasteiger partial charge in [0.1, 0.15) is 5.75 Å². The van der Waals surface area contributed by atoms with Gasteiger partial charge < -0.3 is 9.16 Å². The average molecular weight is 278 g/mol. The Morgan fingerprint density at radius 1 is 1.26 bits per heavy atom. The van der Waals surface area contributed by atoms with Gasteiger partial charge in [0.15, 0.2) is 5.75 Å². The monoisotopic (exact) mass is 278 g/mol. The van der Waals surface area contributed by atoms with E-state index in [1.165, 1.54) is 0 Å². The molecule has 0 radical (unpaired) electrons. The molecule has 3 heteroatoms. The first-order chi connectivity index (χ1) is 8.73. The van der Waals surface area contributed by atoms with Crippen LogP contribution < -0.4 is 9.16 Å². The Labute approximate surface area is 118 Å². The summed E-state index contributed by atoms with van der Waals surface area (Å²) in [5.74, 6) is 1.70. The second-order valence-corrected chi connectivity index (χ2v) is 11.0. The van der Waals surface area contributed by atoms with Crippen molar-refractivity contribution in [1.29, 1.82) is 0 Å². The van der Waals surface area contributed by atoms with E-state index in [1.54, 1.807) is 7.11 Å². The van der Waals surface area contributed by atoms with Crippen LogP contribution in [0.2, 0.25) is 18.1 Å². The fourth-order valence-corrected chi connectivity index (χ4v) is 2.63. The molecule has 0 N–H and O–H groups in total. The molecule has 0 fully saturated rings. The molecule has 1 rings (SSSR count). The molecule has 0 aliphatic carbocycles. The van der Waals surface area contributed by atoms with Gasteiger partial charge >= 0.3 is 0 Å². The van der Waals surface area contributed by atoms with Crippen LogP contribution in [0, 0.1) is 0 Å². The number of hydrogen-bond acceptors (Lipinski definition) is 2. The predicted octanol–water partition coefficient (Wildman–Crippen LogP) is 4.81. The van der Waals surface area contributed by atoms with Crippen molar-refractivity contribution < 1.29 is 9.16 Å². The molecule has 0 amide bonds. The van der Waals surface area contributed by atoms with Crippen molar-refractivity contribution in [3.8, 4) is 11.5 Å². The third-order valence-electron chi connectivity index (χ3n) is 3.80. The number of ether oxygens (including phenoxy) is 1. The molecule has 0 atom stereocenters. The van der Waals surface area contributed by atoms with Crippen LogP contribution in [0.4, 0.5) is 0 Å². The number of methoxy groups -OCH3 is 1. The van der Waals surface area contributed by atoms with Gasteiger partial charge in [-0.25, -0.2) is 0 Å². The maximum atomic E-state index is 6.35. The summed E-state index contributed by atoms with van der Waals surface area (Å²) in [5.41, 5.74) is 1.12. The van der Waals surface area contributed by atoms with Gasteiger partial charge in [-0.15, -0.1) is 6.58 Å². The number of allylic oxidation sites excluding steroid dienone is 1. The lowest BCUT2D eigenvalue weighted by Gasteiger charge is -2.37. The first kappa shape index (κ1) is 15.8. The van der Waals surface area contributed by atoms with Gasteiger partial charge in [-0.3, -0.25) is 0 Å². The van der Waals surface area contributed by atoms with Crippen LogP contribution in [0.1, 0.15) is 26.3 Å². The van der Waals surface area contributed by atoms with Crippen LogP contribution >= 0.6 is 0 Å². The molecule has 1 aromatic carbocycles. The van der Waals surface area contributed by atoms with Crippen LogP contribution in [0.25, 0.3) is 0 Å². The Kier molecular flexibility index (Phi) is 4.85. The predicted molar refractivity (Wildman–Crippen MR) is 84.7 cm³/mol. The normalized spacial score (nSPS) is 12.1. The molecule has 0 aromatic heterocycles. The highest BCUT2D eigenvalue weighted by atomic mass is 28.4. The fraction of sp³-hybridized carbons (Fsp3) is 0.500. The second kappa shape index (κ2) is 5.82. The third kappa shape index (κ3) is 3.63. The fourth-order valence-electron chi connectivity index (χ4n) is 1.62. The Bertz CT molecular complexity index is 445. The maximum Gasteiger partial charge on any atom is 0.250 e. The van der Waals surface area contributed by atoms with Crippen molar-refractivity contribution >= 4 is 8.32 Å². The van der Waals surface area contributed by atoms with E-state index < -0.39 is 8.32 Å². The van der Waals surface area contributed by atoms with E-state index in [0.29, 0.717) is 0 Å². The lowest BCUT2D eigenvalue weighted by Crippen LogP contribution is -2.43. The SMILES string of the molecule is C=CCc1cccc(O[Si](C)(C)C(C)(C)C)c1OC. The highest BCUT2D eigenvalue weighted by Crippen LogP contribution is 2.41. The van der Waals surface area contributed by atoms with Crippen LogP contribution in [0.15, 0.2) is 30.9 Å². The number of benzene rings is 1. The molecule has 0 heterocycles. The molecule has 0 aliphatic heterocycles. The van der Waals surface area contributed by atoms with Gasteiger partial charge in [0, 0.05) is 5.56 Å². The molecule has 19 heavy (non-hydrogen) atoms. The van der Waals surface area contributed by atoms with E-state index in [2.05, 4.69) is 46.5 Å². The summed E-state index contributed by atoms with van der Waals surface area (Å²) in [4.78, 5) is 0. The Balaban J connectivity index is 3.14. The van der Waals surface area contributed by atoms with Crippen molar-refractivity contribution in [2.24, 2.45) is 0 Å². The molecule has 0 unspecified atom stereocenters. The lowest BCUT2D eigenvalue weighted by molar-refractivity contribution is 0.382. The summed E-state index contributed by atoms with van der Waals surface area (Å²) >= 11 is 0. The van der Waals surface area contributed by atoms with Crippen LogP contribution in [-0.2, 0) is 6.42 Å². The topological polar surface area (TPSA) is 18.5 Å². The summed E-state index contributed by atoms with van der Waals surface area (Å²) in [5, 5.41) is 0.173. The number of rotatable bonds is 5. The zero-order valence-corrected chi connectivity index (χ0v) is 14.0. The smallest absolute Gasteiger partial charge is 0.250 e.